The second-order valence-electron chi connectivity index (χ2n) is 3.16. The molecule has 1 rings (SSSR count). The van der Waals surface area contributed by atoms with Gasteiger partial charge in [0, 0.05) is 6.04 Å². The van der Waals surface area contributed by atoms with Gasteiger partial charge >= 0.3 is 0 Å². The van der Waals surface area contributed by atoms with Crippen LogP contribution in [0.2, 0.25) is 5.15 Å². The molecule has 4 N–H and O–H groups in total. The van der Waals surface area contributed by atoms with Gasteiger partial charge in [0.1, 0.15) is 5.15 Å². The molecule has 0 saturated carbocycles. The highest BCUT2D eigenvalue weighted by atomic mass is 35.5. The van der Waals surface area contributed by atoms with E-state index in [1.54, 1.807) is 6.92 Å². The summed E-state index contributed by atoms with van der Waals surface area (Å²) < 4.78 is 0. The Bertz CT molecular complexity index is 370. The van der Waals surface area contributed by atoms with Crippen molar-refractivity contribution in [1.29, 1.82) is 0 Å². The van der Waals surface area contributed by atoms with Crippen molar-refractivity contribution >= 4 is 23.2 Å². The number of hydrogen-bond acceptors (Lipinski definition) is 4. The van der Waals surface area contributed by atoms with Gasteiger partial charge in [0.05, 0.1) is 24.1 Å². The van der Waals surface area contributed by atoms with Gasteiger partial charge in [-0.15, -0.1) is 0 Å². The number of carbonyl (C=O) groups is 1. The maximum Gasteiger partial charge on any atom is 0.254 e. The highest BCUT2D eigenvalue weighted by molar-refractivity contribution is 6.32. The van der Waals surface area contributed by atoms with Gasteiger partial charge in [0.25, 0.3) is 5.91 Å². The maximum absolute atomic E-state index is 11.6. The normalized spacial score (nSPS) is 12.2. The van der Waals surface area contributed by atoms with Gasteiger partial charge in [-0.2, -0.15) is 0 Å². The van der Waals surface area contributed by atoms with E-state index in [1.165, 1.54) is 12.3 Å². The Morgan fingerprint density at radius 1 is 1.80 bits per heavy atom. The number of aromatic nitrogens is 1. The summed E-state index contributed by atoms with van der Waals surface area (Å²) in [5.74, 6) is -0.402. The van der Waals surface area contributed by atoms with E-state index in [0.717, 1.165) is 0 Å². The summed E-state index contributed by atoms with van der Waals surface area (Å²) in [7, 11) is 0. The number of aliphatic hydroxyl groups is 1. The number of pyridine rings is 1. The molecule has 1 aromatic heterocycles. The number of nitrogens with one attached hydrogen (secondary N) is 1. The lowest BCUT2D eigenvalue weighted by atomic mass is 10.2. The first-order chi connectivity index (χ1) is 7.04. The fourth-order valence-electron chi connectivity index (χ4n) is 0.971. The van der Waals surface area contributed by atoms with Crippen LogP contribution in [0.3, 0.4) is 0 Å². The van der Waals surface area contributed by atoms with Gasteiger partial charge in [0.15, 0.2) is 0 Å². The maximum atomic E-state index is 11.6. The van der Waals surface area contributed by atoms with Crippen molar-refractivity contribution in [1.82, 2.24) is 10.3 Å². The van der Waals surface area contributed by atoms with Crippen molar-refractivity contribution in [2.45, 2.75) is 13.0 Å². The number of rotatable bonds is 3. The molecule has 1 atom stereocenters. The Balaban J connectivity index is 2.86. The van der Waals surface area contributed by atoms with Crippen molar-refractivity contribution in [2.24, 2.45) is 0 Å². The zero-order chi connectivity index (χ0) is 11.4. The van der Waals surface area contributed by atoms with Gasteiger partial charge in [0.2, 0.25) is 0 Å². The van der Waals surface area contributed by atoms with E-state index in [4.69, 9.17) is 22.4 Å². The standard InChI is InChI=1S/C9H12ClN3O2/c1-5(4-14)13-9(15)7-2-6(11)3-12-8(7)10/h2-3,5,14H,4,11H2,1H3,(H,13,15). The molecule has 1 heterocycles. The Morgan fingerprint density at radius 3 is 3.07 bits per heavy atom. The minimum atomic E-state index is -0.402. The van der Waals surface area contributed by atoms with Gasteiger partial charge in [-0.1, -0.05) is 11.6 Å². The number of hydrogen-bond donors (Lipinski definition) is 3. The molecule has 5 nitrogen and oxygen atoms in total. The largest absolute Gasteiger partial charge is 0.397 e. The van der Waals surface area contributed by atoms with E-state index in [2.05, 4.69) is 10.3 Å². The van der Waals surface area contributed by atoms with Crippen LogP contribution >= 0.6 is 11.6 Å². The molecular formula is C9H12ClN3O2. The SMILES string of the molecule is CC(CO)NC(=O)c1cc(N)cnc1Cl. The van der Waals surface area contributed by atoms with Crippen LogP contribution in [-0.4, -0.2) is 28.6 Å². The molecule has 1 aromatic rings. The first-order valence-electron chi connectivity index (χ1n) is 4.37. The summed E-state index contributed by atoms with van der Waals surface area (Å²) in [5.41, 5.74) is 6.05. The molecule has 6 heteroatoms. The highest BCUT2D eigenvalue weighted by Gasteiger charge is 2.13. The number of nitrogens with two attached hydrogens (primary N) is 1. The lowest BCUT2D eigenvalue weighted by Crippen LogP contribution is -2.35. The molecule has 0 aromatic carbocycles. The molecule has 82 valence electrons. The second kappa shape index (κ2) is 4.95. The third-order valence-corrected chi connectivity index (χ3v) is 2.06. The molecule has 0 aliphatic carbocycles. The molecule has 0 aliphatic rings. The van der Waals surface area contributed by atoms with Crippen molar-refractivity contribution in [3.63, 3.8) is 0 Å². The summed E-state index contributed by atoms with van der Waals surface area (Å²) in [6, 6.07) is 1.10. The van der Waals surface area contributed by atoms with E-state index in [0.29, 0.717) is 5.69 Å². The highest BCUT2D eigenvalue weighted by Crippen LogP contribution is 2.15. The fourth-order valence-corrected chi connectivity index (χ4v) is 1.16. The topological polar surface area (TPSA) is 88.2 Å². The zero-order valence-electron chi connectivity index (χ0n) is 8.20. The molecule has 0 bridgehead atoms. The number of anilines is 1. The van der Waals surface area contributed by atoms with E-state index >= 15 is 0 Å². The van der Waals surface area contributed by atoms with Crippen molar-refractivity contribution < 1.29 is 9.90 Å². The van der Waals surface area contributed by atoms with Crippen LogP contribution in [-0.2, 0) is 0 Å². The summed E-state index contributed by atoms with van der Waals surface area (Å²) in [6.07, 6.45) is 1.37. The van der Waals surface area contributed by atoms with Crippen molar-refractivity contribution in [3.05, 3.63) is 23.0 Å². The van der Waals surface area contributed by atoms with E-state index in [9.17, 15) is 4.79 Å². The summed E-state index contributed by atoms with van der Waals surface area (Å²) in [6.45, 7) is 1.53. The van der Waals surface area contributed by atoms with Gasteiger partial charge < -0.3 is 16.2 Å². The van der Waals surface area contributed by atoms with Crippen LogP contribution in [0, 0.1) is 0 Å². The minimum absolute atomic E-state index is 0.0897. The quantitative estimate of drug-likeness (QED) is 0.656. The molecule has 0 radical (unpaired) electrons. The van der Waals surface area contributed by atoms with E-state index in [-0.39, 0.29) is 23.4 Å². The Labute approximate surface area is 92.3 Å². The van der Waals surface area contributed by atoms with Crippen LogP contribution in [0.4, 0.5) is 5.69 Å². The van der Waals surface area contributed by atoms with Crippen LogP contribution in [0.1, 0.15) is 17.3 Å². The van der Waals surface area contributed by atoms with Crippen LogP contribution in [0.25, 0.3) is 0 Å². The summed E-state index contributed by atoms with van der Waals surface area (Å²) >= 11 is 5.73. The van der Waals surface area contributed by atoms with E-state index < -0.39 is 5.91 Å². The van der Waals surface area contributed by atoms with E-state index in [1.807, 2.05) is 0 Å². The predicted octanol–water partition coefficient (Wildman–Crippen LogP) is 0.428. The number of nitrogen functional groups attached to an aromatic ring is 1. The lowest BCUT2D eigenvalue weighted by molar-refractivity contribution is 0.0922. The number of aliphatic hydroxyl groups excluding tert-OH is 1. The average molecular weight is 230 g/mol. The molecule has 1 unspecified atom stereocenters. The number of amides is 1. The first kappa shape index (κ1) is 11.7. The average Bonchev–Trinajstić information content (AvgIpc) is 2.21. The van der Waals surface area contributed by atoms with Crippen molar-refractivity contribution in [3.8, 4) is 0 Å². The monoisotopic (exact) mass is 229 g/mol. The summed E-state index contributed by atoms with van der Waals surface area (Å²) in [4.78, 5) is 15.3. The van der Waals surface area contributed by atoms with Crippen LogP contribution in [0.5, 0.6) is 0 Å². The molecule has 15 heavy (non-hydrogen) atoms. The summed E-state index contributed by atoms with van der Waals surface area (Å²) in [5, 5.41) is 11.4. The molecule has 1 amide bonds. The number of halogens is 1. The first-order valence-corrected chi connectivity index (χ1v) is 4.75. The molecule has 0 spiro atoms. The minimum Gasteiger partial charge on any atom is -0.397 e. The van der Waals surface area contributed by atoms with Gasteiger partial charge in [-0.25, -0.2) is 4.98 Å². The molecule has 0 saturated heterocycles. The Morgan fingerprint density at radius 2 is 2.47 bits per heavy atom. The third kappa shape index (κ3) is 3.07. The van der Waals surface area contributed by atoms with Crippen molar-refractivity contribution in [2.75, 3.05) is 12.3 Å². The lowest BCUT2D eigenvalue weighted by Gasteiger charge is -2.11. The van der Waals surface area contributed by atoms with Crippen LogP contribution in [0.15, 0.2) is 12.3 Å². The van der Waals surface area contributed by atoms with Crippen LogP contribution < -0.4 is 11.1 Å². The third-order valence-electron chi connectivity index (χ3n) is 1.76. The smallest absolute Gasteiger partial charge is 0.254 e. The second-order valence-corrected chi connectivity index (χ2v) is 3.52. The number of carbonyl (C=O) groups excluding carboxylic acids is 1. The number of nitrogens with zero attached hydrogens (tertiary/aromatic N) is 1. The Kier molecular flexibility index (Phi) is 3.88. The molecular weight excluding hydrogens is 218 g/mol. The predicted molar refractivity (Wildman–Crippen MR) is 57.7 cm³/mol. The van der Waals surface area contributed by atoms with Gasteiger partial charge in [-0.3, -0.25) is 4.79 Å². The van der Waals surface area contributed by atoms with Gasteiger partial charge in [-0.05, 0) is 13.0 Å². The zero-order valence-corrected chi connectivity index (χ0v) is 8.95. The fraction of sp³-hybridized carbons (Fsp3) is 0.333. The Hall–Kier alpha value is -1.33. The molecule has 0 aliphatic heterocycles. The molecule has 0 fully saturated rings.